The lowest BCUT2D eigenvalue weighted by atomic mass is 10.2. The molecule has 0 bridgehead atoms. The maximum Gasteiger partial charge on any atom is 0.315 e. The van der Waals surface area contributed by atoms with Gasteiger partial charge in [0.05, 0.1) is 12.2 Å². The van der Waals surface area contributed by atoms with Crippen molar-refractivity contribution in [2.45, 2.75) is 13.5 Å². The topological polar surface area (TPSA) is 68.2 Å². The van der Waals surface area contributed by atoms with Crippen LogP contribution in [-0.2, 0) is 6.54 Å². The summed E-state index contributed by atoms with van der Waals surface area (Å²) in [6, 6.07) is 17.3. The van der Waals surface area contributed by atoms with E-state index in [1.807, 2.05) is 67.7 Å². The first-order valence-electron chi connectivity index (χ1n) is 8.51. The second kappa shape index (κ2) is 8.71. The number of nitrogens with zero attached hydrogens (tertiary/aromatic N) is 2. The molecule has 0 saturated heterocycles. The van der Waals surface area contributed by atoms with Crippen molar-refractivity contribution in [3.05, 3.63) is 78.1 Å². The van der Waals surface area contributed by atoms with Gasteiger partial charge in [-0.15, -0.1) is 0 Å². The number of aromatic nitrogens is 2. The highest BCUT2D eigenvalue weighted by molar-refractivity contribution is 5.73. The van der Waals surface area contributed by atoms with E-state index in [1.54, 1.807) is 10.9 Å². The van der Waals surface area contributed by atoms with Crippen LogP contribution >= 0.6 is 0 Å². The molecule has 2 amide bonds. The lowest BCUT2D eigenvalue weighted by Crippen LogP contribution is -2.37. The molecular formula is C20H22N4O2. The van der Waals surface area contributed by atoms with Crippen LogP contribution in [0.15, 0.2) is 67.0 Å². The summed E-state index contributed by atoms with van der Waals surface area (Å²) in [5.41, 5.74) is 3.08. The van der Waals surface area contributed by atoms with E-state index in [0.717, 1.165) is 22.6 Å². The van der Waals surface area contributed by atoms with Crippen molar-refractivity contribution in [3.63, 3.8) is 0 Å². The molecule has 0 saturated carbocycles. The molecule has 0 radical (unpaired) electrons. The summed E-state index contributed by atoms with van der Waals surface area (Å²) < 4.78 is 7.40. The lowest BCUT2D eigenvalue weighted by molar-refractivity contribution is 0.236. The van der Waals surface area contributed by atoms with Crippen LogP contribution in [0.1, 0.15) is 11.1 Å². The summed E-state index contributed by atoms with van der Waals surface area (Å²) in [5, 5.41) is 9.90. The number of carbonyl (C=O) groups excluding carboxylic acids is 1. The van der Waals surface area contributed by atoms with Crippen molar-refractivity contribution < 1.29 is 9.53 Å². The van der Waals surface area contributed by atoms with Crippen LogP contribution in [0.4, 0.5) is 4.79 Å². The van der Waals surface area contributed by atoms with Gasteiger partial charge in [0.25, 0.3) is 0 Å². The van der Waals surface area contributed by atoms with Crippen molar-refractivity contribution in [3.8, 4) is 11.4 Å². The van der Waals surface area contributed by atoms with Gasteiger partial charge in [-0.1, -0.05) is 30.3 Å². The standard InChI is InChI=1S/C20H22N4O2/c1-16-6-4-8-18(14-16)26-13-11-21-20(25)22-15-17-7-2-3-9-19(17)24-12-5-10-23-24/h2-10,12,14H,11,13,15H2,1H3,(H2,21,22,25). The quantitative estimate of drug-likeness (QED) is 0.644. The Bertz CT molecular complexity index is 847. The van der Waals surface area contributed by atoms with Crippen LogP contribution in [0.25, 0.3) is 5.69 Å². The van der Waals surface area contributed by atoms with Gasteiger partial charge in [0.1, 0.15) is 12.4 Å². The second-order valence-corrected chi connectivity index (χ2v) is 5.85. The van der Waals surface area contributed by atoms with Gasteiger partial charge in [0.15, 0.2) is 0 Å². The molecule has 0 spiro atoms. The Hall–Kier alpha value is -3.28. The number of hydrogen-bond acceptors (Lipinski definition) is 3. The van der Waals surface area contributed by atoms with E-state index in [4.69, 9.17) is 4.74 Å². The van der Waals surface area contributed by atoms with E-state index in [1.165, 1.54) is 0 Å². The van der Waals surface area contributed by atoms with Crippen LogP contribution in [0.2, 0.25) is 0 Å². The molecule has 134 valence electrons. The summed E-state index contributed by atoms with van der Waals surface area (Å²) in [6.45, 7) is 3.28. The normalized spacial score (nSPS) is 10.3. The van der Waals surface area contributed by atoms with Gasteiger partial charge < -0.3 is 15.4 Å². The number of carbonyl (C=O) groups is 1. The molecule has 1 aromatic heterocycles. The highest BCUT2D eigenvalue weighted by Gasteiger charge is 2.06. The first-order valence-corrected chi connectivity index (χ1v) is 8.51. The van der Waals surface area contributed by atoms with Gasteiger partial charge in [-0.05, 0) is 42.3 Å². The van der Waals surface area contributed by atoms with Crippen molar-refractivity contribution in [2.75, 3.05) is 13.2 Å². The number of nitrogens with one attached hydrogen (secondary N) is 2. The van der Waals surface area contributed by atoms with Crippen LogP contribution in [0.3, 0.4) is 0 Å². The van der Waals surface area contributed by atoms with E-state index in [2.05, 4.69) is 15.7 Å². The number of aryl methyl sites for hydroxylation is 1. The van der Waals surface area contributed by atoms with Gasteiger partial charge in [-0.2, -0.15) is 5.10 Å². The monoisotopic (exact) mass is 350 g/mol. The Morgan fingerprint density at radius 3 is 2.81 bits per heavy atom. The third kappa shape index (κ3) is 4.86. The SMILES string of the molecule is Cc1cccc(OCCNC(=O)NCc2ccccc2-n2cccn2)c1. The van der Waals surface area contributed by atoms with Crippen molar-refractivity contribution in [1.82, 2.24) is 20.4 Å². The van der Waals surface area contributed by atoms with Gasteiger partial charge in [-0.25, -0.2) is 9.48 Å². The van der Waals surface area contributed by atoms with Gasteiger partial charge in [0.2, 0.25) is 0 Å². The fraction of sp³-hybridized carbons (Fsp3) is 0.200. The molecule has 0 aliphatic rings. The summed E-state index contributed by atoms with van der Waals surface area (Å²) in [7, 11) is 0. The number of hydrogen-bond donors (Lipinski definition) is 2. The number of benzene rings is 2. The molecule has 0 unspecified atom stereocenters. The predicted molar refractivity (Wildman–Crippen MR) is 100 cm³/mol. The van der Waals surface area contributed by atoms with Crippen LogP contribution < -0.4 is 15.4 Å². The highest BCUT2D eigenvalue weighted by Crippen LogP contribution is 2.13. The first kappa shape index (κ1) is 17.5. The Balaban J connectivity index is 1.43. The van der Waals surface area contributed by atoms with E-state index in [-0.39, 0.29) is 6.03 Å². The molecule has 0 fully saturated rings. The minimum Gasteiger partial charge on any atom is -0.492 e. The van der Waals surface area contributed by atoms with E-state index in [9.17, 15) is 4.79 Å². The van der Waals surface area contributed by atoms with E-state index >= 15 is 0 Å². The van der Waals surface area contributed by atoms with Gasteiger partial charge in [0, 0.05) is 18.9 Å². The number of para-hydroxylation sites is 1. The Morgan fingerprint density at radius 2 is 2.00 bits per heavy atom. The number of urea groups is 1. The van der Waals surface area contributed by atoms with Crippen molar-refractivity contribution >= 4 is 6.03 Å². The van der Waals surface area contributed by atoms with Crippen molar-refractivity contribution in [2.24, 2.45) is 0 Å². The summed E-state index contributed by atoms with van der Waals surface area (Å²) in [4.78, 5) is 12.0. The predicted octanol–water partition coefficient (Wildman–Crippen LogP) is 3.06. The minimum atomic E-state index is -0.229. The third-order valence-electron chi connectivity index (χ3n) is 3.83. The molecule has 3 rings (SSSR count). The minimum absolute atomic E-state index is 0.229. The lowest BCUT2D eigenvalue weighted by Gasteiger charge is -2.12. The molecule has 26 heavy (non-hydrogen) atoms. The maximum atomic E-state index is 12.0. The Morgan fingerprint density at radius 1 is 1.12 bits per heavy atom. The Kier molecular flexibility index (Phi) is 5.88. The molecule has 6 heteroatoms. The van der Waals surface area contributed by atoms with E-state index < -0.39 is 0 Å². The third-order valence-corrected chi connectivity index (χ3v) is 3.83. The maximum absolute atomic E-state index is 12.0. The van der Waals surface area contributed by atoms with Gasteiger partial charge >= 0.3 is 6.03 Å². The smallest absolute Gasteiger partial charge is 0.315 e. The average molecular weight is 350 g/mol. The summed E-state index contributed by atoms with van der Waals surface area (Å²) in [6.07, 6.45) is 3.60. The molecule has 2 N–H and O–H groups in total. The summed E-state index contributed by atoms with van der Waals surface area (Å²) >= 11 is 0. The fourth-order valence-corrected chi connectivity index (χ4v) is 2.57. The molecule has 0 aliphatic carbocycles. The average Bonchev–Trinajstić information content (AvgIpc) is 3.18. The molecule has 0 aliphatic heterocycles. The van der Waals surface area contributed by atoms with Crippen LogP contribution in [0.5, 0.6) is 5.75 Å². The number of ether oxygens (including phenoxy) is 1. The second-order valence-electron chi connectivity index (χ2n) is 5.85. The molecule has 2 aromatic carbocycles. The number of amides is 2. The van der Waals surface area contributed by atoms with Crippen molar-refractivity contribution in [1.29, 1.82) is 0 Å². The van der Waals surface area contributed by atoms with Crippen LogP contribution in [0, 0.1) is 6.92 Å². The summed E-state index contributed by atoms with van der Waals surface area (Å²) in [5.74, 6) is 0.806. The van der Waals surface area contributed by atoms with E-state index in [0.29, 0.717) is 19.7 Å². The highest BCUT2D eigenvalue weighted by atomic mass is 16.5. The molecule has 1 heterocycles. The Labute approximate surface area is 152 Å². The zero-order valence-electron chi connectivity index (χ0n) is 14.7. The van der Waals surface area contributed by atoms with Crippen LogP contribution in [-0.4, -0.2) is 29.0 Å². The largest absolute Gasteiger partial charge is 0.492 e. The molecule has 6 nitrogen and oxygen atoms in total. The molecule has 0 atom stereocenters. The zero-order chi connectivity index (χ0) is 18.2. The number of rotatable bonds is 7. The fourth-order valence-electron chi connectivity index (χ4n) is 2.57. The molecular weight excluding hydrogens is 328 g/mol. The zero-order valence-corrected chi connectivity index (χ0v) is 14.7. The molecule has 3 aromatic rings. The van der Waals surface area contributed by atoms with Gasteiger partial charge in [-0.3, -0.25) is 0 Å². The first-order chi connectivity index (χ1) is 12.7.